The van der Waals surface area contributed by atoms with Crippen LogP contribution in [0.4, 0.5) is 4.79 Å². The van der Waals surface area contributed by atoms with E-state index in [1.807, 2.05) is 11.4 Å². The van der Waals surface area contributed by atoms with Crippen LogP contribution in [0, 0.1) is 0 Å². The normalized spacial score (nSPS) is 10.0. The van der Waals surface area contributed by atoms with Gasteiger partial charge in [0.2, 0.25) is 0 Å². The maximum atomic E-state index is 10.1. The van der Waals surface area contributed by atoms with Crippen LogP contribution in [-0.4, -0.2) is 24.3 Å². The Morgan fingerprint density at radius 3 is 3.00 bits per heavy atom. The molecular formula is C9H14N2O2S. The topological polar surface area (TPSA) is 61.4 Å². The lowest BCUT2D eigenvalue weighted by Crippen LogP contribution is -2.25. The first-order valence-corrected chi connectivity index (χ1v) is 5.37. The van der Waals surface area contributed by atoms with Gasteiger partial charge in [0.25, 0.3) is 0 Å². The van der Waals surface area contributed by atoms with Crippen LogP contribution in [0.3, 0.4) is 0 Å². The summed E-state index contributed by atoms with van der Waals surface area (Å²) in [7, 11) is 0. The molecule has 1 rings (SSSR count). The minimum absolute atomic E-state index is 0.507. The van der Waals surface area contributed by atoms with E-state index in [2.05, 4.69) is 16.7 Å². The first-order chi connectivity index (χ1) is 6.79. The zero-order chi connectivity index (χ0) is 10.2. The van der Waals surface area contributed by atoms with E-state index in [9.17, 15) is 4.79 Å². The highest BCUT2D eigenvalue weighted by Crippen LogP contribution is 2.06. The molecule has 1 aromatic heterocycles. The van der Waals surface area contributed by atoms with Crippen molar-refractivity contribution in [3.05, 3.63) is 22.4 Å². The lowest BCUT2D eigenvalue weighted by atomic mass is 10.4. The Morgan fingerprint density at radius 2 is 2.36 bits per heavy atom. The first kappa shape index (κ1) is 11.0. The summed E-state index contributed by atoms with van der Waals surface area (Å²) in [5.41, 5.74) is 0. The van der Waals surface area contributed by atoms with Gasteiger partial charge in [-0.25, -0.2) is 4.79 Å². The van der Waals surface area contributed by atoms with E-state index in [1.165, 1.54) is 4.88 Å². The van der Waals surface area contributed by atoms with E-state index in [1.54, 1.807) is 11.3 Å². The van der Waals surface area contributed by atoms with E-state index >= 15 is 0 Å². The molecule has 0 unspecified atom stereocenters. The molecule has 0 radical (unpaired) electrons. The molecule has 0 fully saturated rings. The number of nitrogens with one attached hydrogen (secondary N) is 2. The monoisotopic (exact) mass is 214 g/mol. The Bertz CT molecular complexity index is 262. The lowest BCUT2D eigenvalue weighted by molar-refractivity contribution is 0.194. The molecule has 0 atom stereocenters. The first-order valence-electron chi connectivity index (χ1n) is 4.49. The van der Waals surface area contributed by atoms with E-state index in [-0.39, 0.29) is 0 Å². The number of hydrogen-bond donors (Lipinski definition) is 3. The minimum Gasteiger partial charge on any atom is -0.465 e. The average molecular weight is 214 g/mol. The summed E-state index contributed by atoms with van der Waals surface area (Å²) < 4.78 is 0. The van der Waals surface area contributed by atoms with Crippen molar-refractivity contribution in [3.8, 4) is 0 Å². The molecule has 14 heavy (non-hydrogen) atoms. The van der Waals surface area contributed by atoms with Crippen LogP contribution in [0.15, 0.2) is 17.5 Å². The predicted molar refractivity (Wildman–Crippen MR) is 56.7 cm³/mol. The van der Waals surface area contributed by atoms with E-state index in [0.29, 0.717) is 6.54 Å². The standard InChI is InChI=1S/C9H14N2O2S/c12-9(13)11-5-2-4-10-7-8-3-1-6-14-8/h1,3,6,10-11H,2,4-5,7H2,(H,12,13). The Hall–Kier alpha value is -1.07. The highest BCUT2D eigenvalue weighted by atomic mass is 32.1. The molecule has 3 N–H and O–H groups in total. The number of amides is 1. The molecule has 0 aliphatic heterocycles. The van der Waals surface area contributed by atoms with Crippen LogP contribution < -0.4 is 10.6 Å². The molecule has 1 aromatic rings. The molecular weight excluding hydrogens is 200 g/mol. The van der Waals surface area contributed by atoms with Crippen molar-refractivity contribution in [2.45, 2.75) is 13.0 Å². The number of carbonyl (C=O) groups is 1. The number of hydrogen-bond acceptors (Lipinski definition) is 3. The number of rotatable bonds is 6. The van der Waals surface area contributed by atoms with E-state index in [0.717, 1.165) is 19.5 Å². The molecule has 5 heteroatoms. The van der Waals surface area contributed by atoms with Crippen molar-refractivity contribution in [2.75, 3.05) is 13.1 Å². The van der Waals surface area contributed by atoms with Crippen molar-refractivity contribution in [2.24, 2.45) is 0 Å². The van der Waals surface area contributed by atoms with Gasteiger partial charge in [0, 0.05) is 18.0 Å². The predicted octanol–water partition coefficient (Wildman–Crippen LogP) is 1.50. The summed E-state index contributed by atoms with van der Waals surface area (Å²) in [6.07, 6.45) is -0.138. The molecule has 0 saturated carbocycles. The van der Waals surface area contributed by atoms with Gasteiger partial charge in [-0.2, -0.15) is 0 Å². The summed E-state index contributed by atoms with van der Waals surface area (Å²) >= 11 is 1.72. The summed E-state index contributed by atoms with van der Waals surface area (Å²) in [6.45, 7) is 2.20. The fraction of sp³-hybridized carbons (Fsp3) is 0.444. The molecule has 0 aromatic carbocycles. The van der Waals surface area contributed by atoms with Gasteiger partial charge in [-0.15, -0.1) is 11.3 Å². The van der Waals surface area contributed by atoms with Crippen molar-refractivity contribution >= 4 is 17.4 Å². The summed E-state index contributed by atoms with van der Waals surface area (Å²) in [4.78, 5) is 11.4. The maximum absolute atomic E-state index is 10.1. The summed E-state index contributed by atoms with van der Waals surface area (Å²) in [5, 5.41) is 15.9. The fourth-order valence-corrected chi connectivity index (χ4v) is 1.71. The molecule has 78 valence electrons. The van der Waals surface area contributed by atoms with Gasteiger partial charge < -0.3 is 15.7 Å². The molecule has 1 amide bonds. The van der Waals surface area contributed by atoms with E-state index in [4.69, 9.17) is 5.11 Å². The van der Waals surface area contributed by atoms with Crippen LogP contribution in [0.25, 0.3) is 0 Å². The molecule has 0 aliphatic rings. The fourth-order valence-electron chi connectivity index (χ4n) is 1.03. The zero-order valence-corrected chi connectivity index (χ0v) is 8.64. The smallest absolute Gasteiger partial charge is 0.404 e. The highest BCUT2D eigenvalue weighted by molar-refractivity contribution is 7.09. The maximum Gasteiger partial charge on any atom is 0.404 e. The Morgan fingerprint density at radius 1 is 1.50 bits per heavy atom. The van der Waals surface area contributed by atoms with Gasteiger partial charge in [0.1, 0.15) is 0 Å². The average Bonchev–Trinajstić information content (AvgIpc) is 2.63. The second-order valence-electron chi connectivity index (χ2n) is 2.84. The van der Waals surface area contributed by atoms with Gasteiger partial charge in [-0.1, -0.05) is 6.07 Å². The van der Waals surface area contributed by atoms with Gasteiger partial charge in [0.05, 0.1) is 0 Å². The van der Waals surface area contributed by atoms with Crippen LogP contribution in [0.5, 0.6) is 0 Å². The van der Waals surface area contributed by atoms with Gasteiger partial charge in [0.15, 0.2) is 0 Å². The summed E-state index contributed by atoms with van der Waals surface area (Å²) in [5.74, 6) is 0. The largest absolute Gasteiger partial charge is 0.465 e. The van der Waals surface area contributed by atoms with Crippen LogP contribution >= 0.6 is 11.3 Å². The quantitative estimate of drug-likeness (QED) is 0.629. The summed E-state index contributed by atoms with van der Waals surface area (Å²) in [6, 6.07) is 4.10. The van der Waals surface area contributed by atoms with Gasteiger partial charge in [-0.3, -0.25) is 0 Å². The molecule has 0 aliphatic carbocycles. The third kappa shape index (κ3) is 4.84. The Labute approximate surface area is 87.0 Å². The highest BCUT2D eigenvalue weighted by Gasteiger charge is 1.94. The van der Waals surface area contributed by atoms with Crippen molar-refractivity contribution in [3.63, 3.8) is 0 Å². The van der Waals surface area contributed by atoms with Gasteiger partial charge >= 0.3 is 6.09 Å². The molecule has 0 saturated heterocycles. The zero-order valence-electron chi connectivity index (χ0n) is 7.82. The minimum atomic E-state index is -0.955. The second-order valence-corrected chi connectivity index (χ2v) is 3.87. The van der Waals surface area contributed by atoms with Gasteiger partial charge in [-0.05, 0) is 24.4 Å². The van der Waals surface area contributed by atoms with Crippen LogP contribution in [0.1, 0.15) is 11.3 Å². The van der Waals surface area contributed by atoms with Crippen LogP contribution in [-0.2, 0) is 6.54 Å². The van der Waals surface area contributed by atoms with Crippen molar-refractivity contribution < 1.29 is 9.90 Å². The third-order valence-electron chi connectivity index (χ3n) is 1.69. The van der Waals surface area contributed by atoms with E-state index < -0.39 is 6.09 Å². The lowest BCUT2D eigenvalue weighted by Gasteiger charge is -2.02. The molecule has 1 heterocycles. The molecule has 0 spiro atoms. The third-order valence-corrected chi connectivity index (χ3v) is 2.56. The number of thiophene rings is 1. The SMILES string of the molecule is O=C(O)NCCCNCc1cccs1. The Kier molecular flexibility index (Phi) is 5.03. The molecule has 0 bridgehead atoms. The Balaban J connectivity index is 1.92. The van der Waals surface area contributed by atoms with Crippen LogP contribution in [0.2, 0.25) is 0 Å². The molecule has 4 nitrogen and oxygen atoms in total. The number of carboxylic acid groups (broad SMARTS) is 1. The van der Waals surface area contributed by atoms with Crippen molar-refractivity contribution in [1.29, 1.82) is 0 Å². The van der Waals surface area contributed by atoms with Crippen molar-refractivity contribution in [1.82, 2.24) is 10.6 Å². The second kappa shape index (κ2) is 6.39.